The number of rotatable bonds is 4. The highest BCUT2D eigenvalue weighted by molar-refractivity contribution is 5.68. The predicted molar refractivity (Wildman–Crippen MR) is 73.0 cm³/mol. The molecule has 1 fully saturated rings. The van der Waals surface area contributed by atoms with Gasteiger partial charge in [0.1, 0.15) is 0 Å². The zero-order valence-corrected chi connectivity index (χ0v) is 11.4. The van der Waals surface area contributed by atoms with Crippen molar-refractivity contribution < 1.29 is 14.3 Å². The Bertz CT molecular complexity index is 394. The molecule has 1 aromatic rings. The maximum atomic E-state index is 12.1. The topological polar surface area (TPSA) is 38.8 Å². The first kappa shape index (κ1) is 13.9. The lowest BCUT2D eigenvalue weighted by Crippen LogP contribution is -2.43. The number of amides is 1. The van der Waals surface area contributed by atoms with Crippen LogP contribution in [0, 0.1) is 0 Å². The minimum absolute atomic E-state index is 0.0379. The van der Waals surface area contributed by atoms with Gasteiger partial charge in [0.15, 0.2) is 0 Å². The second kappa shape index (κ2) is 7.14. The lowest BCUT2D eigenvalue weighted by Gasteiger charge is -2.35. The Balaban J connectivity index is 2.01. The lowest BCUT2D eigenvalue weighted by molar-refractivity contribution is -0.0101. The van der Waals surface area contributed by atoms with Gasteiger partial charge >= 0.3 is 6.09 Å². The molecule has 1 aliphatic rings. The van der Waals surface area contributed by atoms with Crippen molar-refractivity contribution in [1.82, 2.24) is 4.90 Å². The van der Waals surface area contributed by atoms with Crippen molar-refractivity contribution in [3.05, 3.63) is 35.9 Å². The Morgan fingerprint density at radius 3 is 2.95 bits per heavy atom. The monoisotopic (exact) mass is 263 g/mol. The summed E-state index contributed by atoms with van der Waals surface area (Å²) in [6, 6.07) is 9.92. The molecule has 104 valence electrons. The first-order valence-corrected chi connectivity index (χ1v) is 6.89. The third-order valence-electron chi connectivity index (χ3n) is 3.27. The molecule has 1 unspecified atom stereocenters. The molecule has 0 N–H and O–H groups in total. The van der Waals surface area contributed by atoms with Gasteiger partial charge in [0.05, 0.1) is 25.9 Å². The predicted octanol–water partition coefficient (Wildman–Crippen LogP) is 3.00. The molecule has 1 amide bonds. The summed E-state index contributed by atoms with van der Waals surface area (Å²) in [6.45, 7) is 4.27. The van der Waals surface area contributed by atoms with E-state index >= 15 is 0 Å². The van der Waals surface area contributed by atoms with Crippen molar-refractivity contribution in [3.63, 3.8) is 0 Å². The van der Waals surface area contributed by atoms with Crippen LogP contribution in [-0.4, -0.2) is 37.4 Å². The molecule has 4 nitrogen and oxygen atoms in total. The molecule has 1 heterocycles. The van der Waals surface area contributed by atoms with Crippen LogP contribution < -0.4 is 0 Å². The van der Waals surface area contributed by atoms with Crippen LogP contribution in [0.15, 0.2) is 30.3 Å². The van der Waals surface area contributed by atoms with E-state index in [1.165, 1.54) is 0 Å². The molecule has 1 atom stereocenters. The first-order valence-electron chi connectivity index (χ1n) is 6.89. The van der Waals surface area contributed by atoms with E-state index in [2.05, 4.69) is 6.92 Å². The Morgan fingerprint density at radius 2 is 2.21 bits per heavy atom. The molecule has 0 aromatic heterocycles. The molecule has 1 aliphatic heterocycles. The summed E-state index contributed by atoms with van der Waals surface area (Å²) in [7, 11) is 0. The van der Waals surface area contributed by atoms with Gasteiger partial charge in [-0.1, -0.05) is 43.7 Å². The average Bonchev–Trinajstić information content (AvgIpc) is 2.48. The van der Waals surface area contributed by atoms with Crippen LogP contribution in [-0.2, 0) is 9.47 Å². The number of benzene rings is 1. The van der Waals surface area contributed by atoms with Gasteiger partial charge in [0, 0.05) is 6.54 Å². The van der Waals surface area contributed by atoms with Gasteiger partial charge in [-0.3, -0.25) is 4.90 Å². The molecule has 0 aliphatic carbocycles. The van der Waals surface area contributed by atoms with Gasteiger partial charge in [0.25, 0.3) is 0 Å². The summed E-state index contributed by atoms with van der Waals surface area (Å²) >= 11 is 0. The fraction of sp³-hybridized carbons (Fsp3) is 0.533. The third-order valence-corrected chi connectivity index (χ3v) is 3.27. The van der Waals surface area contributed by atoms with Gasteiger partial charge in [-0.2, -0.15) is 0 Å². The molecule has 1 saturated heterocycles. The van der Waals surface area contributed by atoms with Crippen LogP contribution in [0.5, 0.6) is 0 Å². The minimum atomic E-state index is -0.231. The summed E-state index contributed by atoms with van der Waals surface area (Å²) in [5, 5.41) is 0. The fourth-order valence-corrected chi connectivity index (χ4v) is 2.16. The van der Waals surface area contributed by atoms with Crippen LogP contribution in [0.1, 0.15) is 31.4 Å². The molecular weight excluding hydrogens is 242 g/mol. The molecule has 1 aromatic carbocycles. The van der Waals surface area contributed by atoms with Crippen LogP contribution in [0.2, 0.25) is 0 Å². The molecule has 19 heavy (non-hydrogen) atoms. The molecule has 0 saturated carbocycles. The standard InChI is InChI=1S/C15H21NO3/c1-2-3-10-19-15(17)16-9-11-18-12-14(16)13-7-5-4-6-8-13/h4-8,14H,2-3,9-12H2,1H3. The number of morpholine rings is 1. The van der Waals surface area contributed by atoms with E-state index in [0.29, 0.717) is 26.4 Å². The average molecular weight is 263 g/mol. The van der Waals surface area contributed by atoms with Crippen molar-refractivity contribution in [2.45, 2.75) is 25.8 Å². The highest BCUT2D eigenvalue weighted by Gasteiger charge is 2.29. The zero-order chi connectivity index (χ0) is 13.5. The maximum absolute atomic E-state index is 12.1. The van der Waals surface area contributed by atoms with E-state index in [1.54, 1.807) is 4.90 Å². The highest BCUT2D eigenvalue weighted by atomic mass is 16.6. The van der Waals surface area contributed by atoms with Crippen molar-refractivity contribution >= 4 is 6.09 Å². The number of nitrogens with zero attached hydrogens (tertiary/aromatic N) is 1. The van der Waals surface area contributed by atoms with Crippen molar-refractivity contribution in [2.24, 2.45) is 0 Å². The number of ether oxygens (including phenoxy) is 2. The highest BCUT2D eigenvalue weighted by Crippen LogP contribution is 2.24. The lowest BCUT2D eigenvalue weighted by atomic mass is 10.1. The summed E-state index contributed by atoms with van der Waals surface area (Å²) < 4.78 is 10.8. The maximum Gasteiger partial charge on any atom is 0.410 e. The van der Waals surface area contributed by atoms with Crippen LogP contribution in [0.4, 0.5) is 4.79 Å². The molecular formula is C15H21NO3. The Hall–Kier alpha value is -1.55. The first-order chi connectivity index (χ1) is 9.33. The second-order valence-corrected chi connectivity index (χ2v) is 4.66. The van der Waals surface area contributed by atoms with Gasteiger partial charge in [-0.05, 0) is 12.0 Å². The van der Waals surface area contributed by atoms with Crippen LogP contribution in [0.3, 0.4) is 0 Å². The van der Waals surface area contributed by atoms with Crippen molar-refractivity contribution in [1.29, 1.82) is 0 Å². The molecule has 4 heteroatoms. The number of unbranched alkanes of at least 4 members (excludes halogenated alkanes) is 1. The molecule has 0 bridgehead atoms. The summed E-state index contributed by atoms with van der Waals surface area (Å²) in [6.07, 6.45) is 1.70. The quantitative estimate of drug-likeness (QED) is 0.784. The van der Waals surface area contributed by atoms with E-state index in [4.69, 9.17) is 9.47 Å². The van der Waals surface area contributed by atoms with E-state index in [0.717, 1.165) is 18.4 Å². The van der Waals surface area contributed by atoms with Gasteiger partial charge in [-0.15, -0.1) is 0 Å². The zero-order valence-electron chi connectivity index (χ0n) is 11.4. The smallest absolute Gasteiger partial charge is 0.410 e. The second-order valence-electron chi connectivity index (χ2n) is 4.66. The van der Waals surface area contributed by atoms with Gasteiger partial charge in [-0.25, -0.2) is 4.79 Å². The largest absolute Gasteiger partial charge is 0.449 e. The van der Waals surface area contributed by atoms with Crippen molar-refractivity contribution in [2.75, 3.05) is 26.4 Å². The molecule has 0 radical (unpaired) electrons. The SMILES string of the molecule is CCCCOC(=O)N1CCOCC1c1ccccc1. The summed E-state index contributed by atoms with van der Waals surface area (Å²) in [5.74, 6) is 0. The fourth-order valence-electron chi connectivity index (χ4n) is 2.16. The number of carbonyl (C=O) groups is 1. The van der Waals surface area contributed by atoms with E-state index in [1.807, 2.05) is 30.3 Å². The number of carbonyl (C=O) groups excluding carboxylic acids is 1. The summed E-state index contributed by atoms with van der Waals surface area (Å²) in [5.41, 5.74) is 1.09. The Morgan fingerprint density at radius 1 is 1.42 bits per heavy atom. The van der Waals surface area contributed by atoms with Gasteiger partial charge in [0.2, 0.25) is 0 Å². The van der Waals surface area contributed by atoms with Gasteiger partial charge < -0.3 is 9.47 Å². The normalized spacial score (nSPS) is 19.2. The van der Waals surface area contributed by atoms with E-state index < -0.39 is 0 Å². The van der Waals surface area contributed by atoms with Crippen LogP contribution in [0.25, 0.3) is 0 Å². The summed E-state index contributed by atoms with van der Waals surface area (Å²) in [4.78, 5) is 13.9. The number of hydrogen-bond acceptors (Lipinski definition) is 3. The van der Waals surface area contributed by atoms with E-state index in [-0.39, 0.29) is 12.1 Å². The minimum Gasteiger partial charge on any atom is -0.449 e. The third kappa shape index (κ3) is 3.70. The van der Waals surface area contributed by atoms with E-state index in [9.17, 15) is 4.79 Å². The molecule has 0 spiro atoms. The Kier molecular flexibility index (Phi) is 5.21. The van der Waals surface area contributed by atoms with Crippen molar-refractivity contribution in [3.8, 4) is 0 Å². The number of hydrogen-bond donors (Lipinski definition) is 0. The molecule has 2 rings (SSSR count). The Labute approximate surface area is 114 Å². The van der Waals surface area contributed by atoms with Crippen LogP contribution >= 0.6 is 0 Å².